The maximum Gasteiger partial charge on any atom is 0.282 e. The number of amides is 1. The Kier molecular flexibility index (Phi) is 3.16. The highest BCUT2D eigenvalue weighted by Gasteiger charge is 2.38. The molecule has 1 aromatic rings. The monoisotopic (exact) mass is 349 g/mol. The van der Waals surface area contributed by atoms with Gasteiger partial charge in [-0.25, -0.2) is 4.68 Å². The molecular weight excluding hydrogens is 342 g/mol. The lowest BCUT2D eigenvalue weighted by atomic mass is 10.2. The number of rotatable bonds is 3. The Balaban J connectivity index is 2.50. The largest absolute Gasteiger partial charge is 0.368 e. The quantitative estimate of drug-likeness (QED) is 0.889. The second kappa shape index (κ2) is 4.29. The molecule has 0 radical (unpaired) electrons. The highest BCUT2D eigenvalue weighted by atomic mass is 79.9. The Morgan fingerprint density at radius 1 is 1.56 bits per heavy atom. The molecule has 2 rings (SSSR count). The molecule has 0 bridgehead atoms. The fraction of sp³-hybridized carbons (Fsp3) is 0.444. The number of nitrogens with two attached hydrogens (primary N) is 1. The van der Waals surface area contributed by atoms with Gasteiger partial charge in [0.15, 0.2) is 0 Å². The molecule has 1 heterocycles. The highest BCUT2D eigenvalue weighted by Crippen LogP contribution is 2.38. The second-order valence-corrected chi connectivity index (χ2v) is 5.39. The molecule has 1 amide bonds. The minimum absolute atomic E-state index is 0.149. The number of carbonyl (C=O) groups is 1. The van der Waals surface area contributed by atoms with Gasteiger partial charge in [-0.15, -0.1) is 0 Å². The van der Waals surface area contributed by atoms with E-state index >= 15 is 0 Å². The molecule has 1 aliphatic carbocycles. The number of aromatic nitrogens is 2. The molecule has 86 valence electrons. The van der Waals surface area contributed by atoms with Crippen molar-refractivity contribution in [3.63, 3.8) is 0 Å². The van der Waals surface area contributed by atoms with Gasteiger partial charge in [-0.05, 0) is 50.6 Å². The molecule has 0 spiro atoms. The Bertz CT molecular complexity index is 496. The first-order valence-electron chi connectivity index (χ1n) is 4.74. The molecule has 2 N–H and O–H groups in total. The van der Waals surface area contributed by atoms with Crippen molar-refractivity contribution < 1.29 is 4.79 Å². The van der Waals surface area contributed by atoms with Crippen molar-refractivity contribution in [2.24, 2.45) is 11.7 Å². The molecule has 7 heteroatoms. The minimum Gasteiger partial charge on any atom is -0.368 e. The van der Waals surface area contributed by atoms with E-state index in [0.29, 0.717) is 8.95 Å². The third-order valence-corrected chi connectivity index (χ3v) is 4.42. The van der Waals surface area contributed by atoms with E-state index in [1.165, 1.54) is 6.20 Å². The smallest absolute Gasteiger partial charge is 0.282 e. The summed E-state index contributed by atoms with van der Waals surface area (Å²) < 4.78 is 2.08. The van der Waals surface area contributed by atoms with Crippen LogP contribution < -0.4 is 11.3 Å². The summed E-state index contributed by atoms with van der Waals surface area (Å²) in [6.07, 6.45) is 3.30. The zero-order valence-corrected chi connectivity index (χ0v) is 11.4. The predicted molar refractivity (Wildman–Crippen MR) is 64.9 cm³/mol. The molecule has 1 fully saturated rings. The van der Waals surface area contributed by atoms with Crippen LogP contribution in [0.2, 0.25) is 0 Å². The van der Waals surface area contributed by atoms with Gasteiger partial charge in [-0.3, -0.25) is 9.59 Å². The summed E-state index contributed by atoms with van der Waals surface area (Å²) in [5.41, 5.74) is 4.96. The topological polar surface area (TPSA) is 78.0 Å². The summed E-state index contributed by atoms with van der Waals surface area (Å²) in [5.74, 6) is -0.359. The Morgan fingerprint density at radius 3 is 2.69 bits per heavy atom. The zero-order chi connectivity index (χ0) is 11.9. The van der Waals surface area contributed by atoms with E-state index in [1.54, 1.807) is 0 Å². The standard InChI is InChI=1S/C9H9Br2N3O2/c10-5-3-13-14(9(16)6(5)11)7(8(12)15)4-1-2-4/h3-4,7H,1-2H2,(H2,12,15)/t7-/m1/s1. The van der Waals surface area contributed by atoms with Crippen LogP contribution in [0.5, 0.6) is 0 Å². The molecule has 0 unspecified atom stereocenters. The lowest BCUT2D eigenvalue weighted by molar-refractivity contribution is -0.122. The third-order valence-electron chi connectivity index (χ3n) is 2.52. The molecule has 0 aliphatic heterocycles. The van der Waals surface area contributed by atoms with Crippen molar-refractivity contribution in [3.8, 4) is 0 Å². The van der Waals surface area contributed by atoms with Gasteiger partial charge in [0, 0.05) is 0 Å². The molecule has 1 saturated carbocycles. The maximum atomic E-state index is 11.9. The summed E-state index contributed by atoms with van der Waals surface area (Å²) in [7, 11) is 0. The molecule has 0 saturated heterocycles. The molecular formula is C9H9Br2N3O2. The molecule has 1 atom stereocenters. The van der Waals surface area contributed by atoms with Crippen LogP contribution in [0, 0.1) is 5.92 Å². The van der Waals surface area contributed by atoms with Crippen molar-refractivity contribution in [1.82, 2.24) is 9.78 Å². The third kappa shape index (κ3) is 2.06. The number of hydrogen-bond acceptors (Lipinski definition) is 3. The molecule has 16 heavy (non-hydrogen) atoms. The summed E-state index contributed by atoms with van der Waals surface area (Å²) >= 11 is 6.32. The van der Waals surface area contributed by atoms with E-state index in [-0.39, 0.29) is 11.5 Å². The van der Waals surface area contributed by atoms with E-state index < -0.39 is 11.9 Å². The summed E-state index contributed by atoms with van der Waals surface area (Å²) in [6.45, 7) is 0. The van der Waals surface area contributed by atoms with E-state index in [0.717, 1.165) is 17.5 Å². The zero-order valence-electron chi connectivity index (χ0n) is 8.19. The molecule has 1 aromatic heterocycles. The van der Waals surface area contributed by atoms with Gasteiger partial charge in [-0.2, -0.15) is 5.10 Å². The normalized spacial score (nSPS) is 17.1. The highest BCUT2D eigenvalue weighted by molar-refractivity contribution is 9.13. The number of carbonyl (C=O) groups excluding carboxylic acids is 1. The first-order chi connectivity index (χ1) is 7.52. The van der Waals surface area contributed by atoms with E-state index in [1.807, 2.05) is 0 Å². The number of halogens is 2. The van der Waals surface area contributed by atoms with Gasteiger partial charge in [0.2, 0.25) is 5.91 Å². The average molecular weight is 351 g/mol. The van der Waals surface area contributed by atoms with Crippen LogP contribution in [-0.4, -0.2) is 15.7 Å². The van der Waals surface area contributed by atoms with Crippen LogP contribution in [0.1, 0.15) is 18.9 Å². The summed E-state index contributed by atoms with van der Waals surface area (Å²) in [5, 5.41) is 3.95. The fourth-order valence-electron chi connectivity index (χ4n) is 1.59. The van der Waals surface area contributed by atoms with Gasteiger partial charge in [0.1, 0.15) is 10.5 Å². The Hall–Kier alpha value is -0.690. The first-order valence-corrected chi connectivity index (χ1v) is 6.33. The minimum atomic E-state index is -0.628. The van der Waals surface area contributed by atoms with Crippen LogP contribution in [-0.2, 0) is 4.79 Å². The van der Waals surface area contributed by atoms with Crippen LogP contribution in [0.4, 0.5) is 0 Å². The van der Waals surface area contributed by atoms with Crippen LogP contribution in [0.3, 0.4) is 0 Å². The lowest BCUT2D eigenvalue weighted by Crippen LogP contribution is -2.37. The van der Waals surface area contributed by atoms with Gasteiger partial charge in [-0.1, -0.05) is 0 Å². The maximum absolute atomic E-state index is 11.9. The van der Waals surface area contributed by atoms with Gasteiger partial charge in [0.05, 0.1) is 10.7 Å². The number of primary amides is 1. The second-order valence-electron chi connectivity index (χ2n) is 3.74. The lowest BCUT2D eigenvalue weighted by Gasteiger charge is -2.14. The van der Waals surface area contributed by atoms with Gasteiger partial charge >= 0.3 is 0 Å². The molecule has 1 aliphatic rings. The van der Waals surface area contributed by atoms with Crippen molar-refractivity contribution >= 4 is 37.8 Å². The Labute approximate surface area is 108 Å². The van der Waals surface area contributed by atoms with Crippen LogP contribution in [0.15, 0.2) is 19.9 Å². The van der Waals surface area contributed by atoms with Crippen molar-refractivity contribution in [3.05, 3.63) is 25.5 Å². The number of hydrogen-bond donors (Lipinski definition) is 1. The van der Waals surface area contributed by atoms with Crippen LogP contribution in [0.25, 0.3) is 0 Å². The predicted octanol–water partition coefficient (Wildman–Crippen LogP) is 1.20. The SMILES string of the molecule is NC(=O)[C@@H](C1CC1)n1ncc(Br)c(Br)c1=O. The fourth-order valence-corrected chi connectivity index (χ4v) is 2.13. The molecule has 0 aromatic carbocycles. The summed E-state index contributed by atoms with van der Waals surface area (Å²) in [4.78, 5) is 23.2. The van der Waals surface area contributed by atoms with Crippen LogP contribution >= 0.6 is 31.9 Å². The van der Waals surface area contributed by atoms with Crippen molar-refractivity contribution in [2.75, 3.05) is 0 Å². The molecule has 5 nitrogen and oxygen atoms in total. The Morgan fingerprint density at radius 2 is 2.19 bits per heavy atom. The van der Waals surface area contributed by atoms with Gasteiger partial charge < -0.3 is 5.73 Å². The summed E-state index contributed by atoms with van der Waals surface area (Å²) in [6, 6.07) is -0.628. The average Bonchev–Trinajstić information content (AvgIpc) is 3.02. The van der Waals surface area contributed by atoms with E-state index in [2.05, 4.69) is 37.0 Å². The van der Waals surface area contributed by atoms with E-state index in [4.69, 9.17) is 5.73 Å². The van der Waals surface area contributed by atoms with E-state index in [9.17, 15) is 9.59 Å². The van der Waals surface area contributed by atoms with Gasteiger partial charge in [0.25, 0.3) is 5.56 Å². The number of nitrogens with zero attached hydrogens (tertiary/aromatic N) is 2. The van der Waals surface area contributed by atoms with Crippen molar-refractivity contribution in [1.29, 1.82) is 0 Å². The van der Waals surface area contributed by atoms with Crippen molar-refractivity contribution in [2.45, 2.75) is 18.9 Å². The first kappa shape index (κ1) is 11.8.